The lowest BCUT2D eigenvalue weighted by Gasteiger charge is -2.34. The van der Waals surface area contributed by atoms with E-state index >= 15 is 0 Å². The molecule has 1 aliphatic heterocycles. The summed E-state index contributed by atoms with van der Waals surface area (Å²) in [5.41, 5.74) is 2.15. The Morgan fingerprint density at radius 1 is 1.32 bits per heavy atom. The predicted octanol–water partition coefficient (Wildman–Crippen LogP) is 1.35. The minimum Gasteiger partial charge on any atom is -0.335 e. The van der Waals surface area contributed by atoms with E-state index in [1.807, 2.05) is 35.5 Å². The molecule has 1 saturated heterocycles. The molecule has 0 spiro atoms. The van der Waals surface area contributed by atoms with Crippen LogP contribution < -0.4 is 5.32 Å². The third kappa shape index (κ3) is 3.12. The number of amides is 2. The van der Waals surface area contributed by atoms with Gasteiger partial charge in [0.15, 0.2) is 0 Å². The summed E-state index contributed by atoms with van der Waals surface area (Å²) in [5, 5.41) is 2.82. The number of hydrogen-bond donors (Lipinski definition) is 1. The first-order chi connectivity index (χ1) is 10.8. The SMILES string of the molecule is C=CCNC(=O)N1CCN(Cc2cnc3ccccn23)CC1. The van der Waals surface area contributed by atoms with Crippen LogP contribution in [0.15, 0.2) is 43.2 Å². The van der Waals surface area contributed by atoms with Crippen molar-refractivity contribution in [2.45, 2.75) is 6.54 Å². The molecule has 0 aromatic carbocycles. The maximum absolute atomic E-state index is 11.9. The lowest BCUT2D eigenvalue weighted by molar-refractivity contribution is 0.135. The number of carbonyl (C=O) groups excluding carboxylic acids is 1. The van der Waals surface area contributed by atoms with E-state index in [0.717, 1.165) is 38.4 Å². The van der Waals surface area contributed by atoms with E-state index in [1.165, 1.54) is 5.69 Å². The Labute approximate surface area is 130 Å². The van der Waals surface area contributed by atoms with Crippen LogP contribution in [-0.2, 0) is 6.54 Å². The summed E-state index contributed by atoms with van der Waals surface area (Å²) in [6, 6.07) is 6.01. The quantitative estimate of drug-likeness (QED) is 0.867. The lowest BCUT2D eigenvalue weighted by Crippen LogP contribution is -2.51. The van der Waals surface area contributed by atoms with Crippen molar-refractivity contribution in [2.24, 2.45) is 0 Å². The normalized spacial score (nSPS) is 15.9. The monoisotopic (exact) mass is 299 g/mol. The smallest absolute Gasteiger partial charge is 0.317 e. The second kappa shape index (κ2) is 6.62. The summed E-state index contributed by atoms with van der Waals surface area (Å²) in [5.74, 6) is 0. The van der Waals surface area contributed by atoms with Crippen molar-refractivity contribution in [3.63, 3.8) is 0 Å². The summed E-state index contributed by atoms with van der Waals surface area (Å²) in [6.07, 6.45) is 5.66. The van der Waals surface area contributed by atoms with E-state index in [0.29, 0.717) is 6.54 Å². The molecule has 6 nitrogen and oxygen atoms in total. The highest BCUT2D eigenvalue weighted by atomic mass is 16.2. The van der Waals surface area contributed by atoms with Gasteiger partial charge in [0.25, 0.3) is 0 Å². The van der Waals surface area contributed by atoms with Gasteiger partial charge >= 0.3 is 6.03 Å². The Morgan fingerprint density at radius 3 is 2.91 bits per heavy atom. The first-order valence-corrected chi connectivity index (χ1v) is 7.55. The van der Waals surface area contributed by atoms with Crippen LogP contribution in [-0.4, -0.2) is 57.9 Å². The number of rotatable bonds is 4. The van der Waals surface area contributed by atoms with Crippen molar-refractivity contribution in [1.29, 1.82) is 0 Å². The second-order valence-corrected chi connectivity index (χ2v) is 5.42. The van der Waals surface area contributed by atoms with E-state index in [2.05, 4.69) is 26.2 Å². The predicted molar refractivity (Wildman–Crippen MR) is 85.6 cm³/mol. The number of nitrogens with zero attached hydrogens (tertiary/aromatic N) is 4. The topological polar surface area (TPSA) is 52.9 Å². The highest BCUT2D eigenvalue weighted by molar-refractivity contribution is 5.74. The lowest BCUT2D eigenvalue weighted by atomic mass is 10.3. The highest BCUT2D eigenvalue weighted by Crippen LogP contribution is 2.11. The standard InChI is InChI=1S/C16H21N5O/c1-2-6-17-16(22)20-10-8-19(9-11-20)13-14-12-18-15-5-3-4-7-21(14)15/h2-5,7,12H,1,6,8-11,13H2,(H,17,22). The summed E-state index contributed by atoms with van der Waals surface area (Å²) in [4.78, 5) is 20.5. The number of carbonyl (C=O) groups is 1. The molecular weight excluding hydrogens is 278 g/mol. The summed E-state index contributed by atoms with van der Waals surface area (Å²) in [7, 11) is 0. The van der Waals surface area contributed by atoms with Crippen molar-refractivity contribution in [3.8, 4) is 0 Å². The molecule has 0 radical (unpaired) electrons. The number of nitrogens with one attached hydrogen (secondary N) is 1. The van der Waals surface area contributed by atoms with E-state index < -0.39 is 0 Å². The van der Waals surface area contributed by atoms with Crippen molar-refractivity contribution in [1.82, 2.24) is 24.5 Å². The molecule has 2 aromatic heterocycles. The fourth-order valence-electron chi connectivity index (χ4n) is 2.71. The van der Waals surface area contributed by atoms with Gasteiger partial charge in [0, 0.05) is 45.5 Å². The number of fused-ring (bicyclic) bond motifs is 1. The Balaban J connectivity index is 1.56. The van der Waals surface area contributed by atoms with Gasteiger partial charge in [-0.1, -0.05) is 12.1 Å². The third-order valence-corrected chi connectivity index (χ3v) is 3.94. The number of imidazole rings is 1. The van der Waals surface area contributed by atoms with Gasteiger partial charge in [-0.3, -0.25) is 4.90 Å². The van der Waals surface area contributed by atoms with E-state index in [9.17, 15) is 4.79 Å². The minimum atomic E-state index is -0.00523. The average molecular weight is 299 g/mol. The van der Waals surface area contributed by atoms with Crippen molar-refractivity contribution in [2.75, 3.05) is 32.7 Å². The molecule has 0 aliphatic carbocycles. The first-order valence-electron chi connectivity index (χ1n) is 7.55. The minimum absolute atomic E-state index is 0.00523. The maximum Gasteiger partial charge on any atom is 0.317 e. The van der Waals surface area contributed by atoms with E-state index in [-0.39, 0.29) is 6.03 Å². The molecule has 6 heteroatoms. The number of pyridine rings is 1. The molecule has 1 fully saturated rings. The molecule has 2 aromatic rings. The van der Waals surface area contributed by atoms with Gasteiger partial charge < -0.3 is 14.6 Å². The van der Waals surface area contributed by atoms with Crippen LogP contribution in [0.2, 0.25) is 0 Å². The Bertz CT molecular complexity index is 657. The molecule has 0 unspecified atom stereocenters. The molecule has 2 amide bonds. The molecule has 3 rings (SSSR count). The highest BCUT2D eigenvalue weighted by Gasteiger charge is 2.21. The Kier molecular flexibility index (Phi) is 4.39. The maximum atomic E-state index is 11.9. The number of piperazine rings is 1. The van der Waals surface area contributed by atoms with Crippen LogP contribution in [0.25, 0.3) is 5.65 Å². The van der Waals surface area contributed by atoms with Crippen LogP contribution in [0.4, 0.5) is 4.79 Å². The van der Waals surface area contributed by atoms with Gasteiger partial charge in [0.1, 0.15) is 5.65 Å². The van der Waals surface area contributed by atoms with Gasteiger partial charge in [-0.25, -0.2) is 9.78 Å². The number of hydrogen-bond acceptors (Lipinski definition) is 3. The van der Waals surface area contributed by atoms with Crippen LogP contribution in [0.5, 0.6) is 0 Å². The van der Waals surface area contributed by atoms with Gasteiger partial charge in [0.2, 0.25) is 0 Å². The van der Waals surface area contributed by atoms with E-state index in [1.54, 1.807) is 6.08 Å². The molecule has 0 atom stereocenters. The van der Waals surface area contributed by atoms with Crippen molar-refractivity contribution >= 4 is 11.7 Å². The Morgan fingerprint density at radius 2 is 2.14 bits per heavy atom. The summed E-state index contributed by atoms with van der Waals surface area (Å²) >= 11 is 0. The average Bonchev–Trinajstić information content (AvgIpc) is 2.96. The molecular formula is C16H21N5O. The molecule has 0 bridgehead atoms. The zero-order chi connectivity index (χ0) is 15.4. The Hall–Kier alpha value is -2.34. The number of aromatic nitrogens is 2. The fraction of sp³-hybridized carbons (Fsp3) is 0.375. The third-order valence-electron chi connectivity index (χ3n) is 3.94. The molecule has 116 valence electrons. The van der Waals surface area contributed by atoms with Gasteiger partial charge in [-0.2, -0.15) is 0 Å². The zero-order valence-corrected chi connectivity index (χ0v) is 12.6. The summed E-state index contributed by atoms with van der Waals surface area (Å²) < 4.78 is 2.11. The molecule has 1 N–H and O–H groups in total. The largest absolute Gasteiger partial charge is 0.335 e. The van der Waals surface area contributed by atoms with Gasteiger partial charge in [-0.15, -0.1) is 6.58 Å². The van der Waals surface area contributed by atoms with Crippen molar-refractivity contribution in [3.05, 3.63) is 48.9 Å². The van der Waals surface area contributed by atoms with Crippen LogP contribution in [0.1, 0.15) is 5.69 Å². The molecule has 0 saturated carbocycles. The molecule has 3 heterocycles. The molecule has 22 heavy (non-hydrogen) atoms. The van der Waals surface area contributed by atoms with Gasteiger partial charge in [-0.05, 0) is 12.1 Å². The van der Waals surface area contributed by atoms with Crippen LogP contribution >= 0.6 is 0 Å². The van der Waals surface area contributed by atoms with Gasteiger partial charge in [0.05, 0.1) is 11.9 Å². The number of urea groups is 1. The second-order valence-electron chi connectivity index (χ2n) is 5.42. The molecule has 1 aliphatic rings. The van der Waals surface area contributed by atoms with Crippen molar-refractivity contribution < 1.29 is 4.79 Å². The first kappa shape index (κ1) is 14.6. The van der Waals surface area contributed by atoms with Crippen LogP contribution in [0, 0.1) is 0 Å². The zero-order valence-electron chi connectivity index (χ0n) is 12.6. The summed E-state index contributed by atoms with van der Waals surface area (Å²) in [6.45, 7) is 8.23. The fourth-order valence-corrected chi connectivity index (χ4v) is 2.71. The van der Waals surface area contributed by atoms with Crippen LogP contribution in [0.3, 0.4) is 0 Å². The van der Waals surface area contributed by atoms with E-state index in [4.69, 9.17) is 0 Å².